The van der Waals surface area contributed by atoms with Crippen molar-refractivity contribution in [2.24, 2.45) is 10.2 Å². The molecule has 0 saturated carbocycles. The maximum Gasteiger partial charge on any atom is 0.175 e. The van der Waals surface area contributed by atoms with Gasteiger partial charge in [0.15, 0.2) is 10.6 Å². The second kappa shape index (κ2) is 5.32. The predicted molar refractivity (Wildman–Crippen MR) is 79.7 cm³/mol. The van der Waals surface area contributed by atoms with Crippen molar-refractivity contribution in [2.75, 3.05) is 0 Å². The fourth-order valence-electron chi connectivity index (χ4n) is 1.55. The SMILES string of the molecule is Oc1cc(Cl)c(N=Nc2snc3ncccc23)cc1Cl. The van der Waals surface area contributed by atoms with Gasteiger partial charge in [-0.1, -0.05) is 23.2 Å². The van der Waals surface area contributed by atoms with Gasteiger partial charge in [-0.15, -0.1) is 10.2 Å². The number of pyridine rings is 1. The second-order valence-corrected chi connectivity index (χ2v) is 5.38. The van der Waals surface area contributed by atoms with E-state index in [0.29, 0.717) is 16.3 Å². The van der Waals surface area contributed by atoms with Gasteiger partial charge in [0.1, 0.15) is 11.4 Å². The number of fused-ring (bicyclic) bond motifs is 1. The third-order valence-corrected chi connectivity index (χ3v) is 3.84. The van der Waals surface area contributed by atoms with Gasteiger partial charge in [0.25, 0.3) is 0 Å². The first-order chi connectivity index (χ1) is 9.65. The van der Waals surface area contributed by atoms with Crippen LogP contribution in [-0.2, 0) is 0 Å². The summed E-state index contributed by atoms with van der Waals surface area (Å²) in [5.41, 5.74) is 1.00. The van der Waals surface area contributed by atoms with E-state index in [9.17, 15) is 5.11 Å². The Morgan fingerprint density at radius 2 is 2.00 bits per heavy atom. The van der Waals surface area contributed by atoms with Crippen molar-refractivity contribution in [3.05, 3.63) is 40.5 Å². The number of benzene rings is 1. The summed E-state index contributed by atoms with van der Waals surface area (Å²) in [7, 11) is 0. The Morgan fingerprint density at radius 3 is 2.85 bits per heavy atom. The molecule has 0 atom stereocenters. The second-order valence-electron chi connectivity index (χ2n) is 3.82. The average molecular weight is 325 g/mol. The van der Waals surface area contributed by atoms with Crippen LogP contribution in [0.25, 0.3) is 11.0 Å². The van der Waals surface area contributed by atoms with Crippen molar-refractivity contribution in [1.29, 1.82) is 0 Å². The van der Waals surface area contributed by atoms with E-state index in [2.05, 4.69) is 19.6 Å². The molecule has 0 aliphatic rings. The maximum absolute atomic E-state index is 9.41. The van der Waals surface area contributed by atoms with E-state index in [0.717, 1.165) is 5.39 Å². The van der Waals surface area contributed by atoms with Crippen LogP contribution in [0.3, 0.4) is 0 Å². The summed E-state index contributed by atoms with van der Waals surface area (Å²) < 4.78 is 4.16. The van der Waals surface area contributed by atoms with E-state index in [1.807, 2.05) is 6.07 Å². The van der Waals surface area contributed by atoms with Crippen LogP contribution in [-0.4, -0.2) is 14.5 Å². The summed E-state index contributed by atoms with van der Waals surface area (Å²) in [5, 5.41) is 19.5. The minimum absolute atomic E-state index is 0.0944. The van der Waals surface area contributed by atoms with Gasteiger partial charge in [0, 0.05) is 12.3 Å². The molecule has 2 heterocycles. The van der Waals surface area contributed by atoms with E-state index in [4.69, 9.17) is 23.2 Å². The molecule has 100 valence electrons. The van der Waals surface area contributed by atoms with Gasteiger partial charge in [0.2, 0.25) is 0 Å². The van der Waals surface area contributed by atoms with Crippen molar-refractivity contribution >= 4 is 56.5 Å². The number of rotatable bonds is 2. The molecule has 1 aromatic carbocycles. The zero-order valence-electron chi connectivity index (χ0n) is 9.79. The molecule has 1 N–H and O–H groups in total. The minimum Gasteiger partial charge on any atom is -0.506 e. The van der Waals surface area contributed by atoms with Crippen molar-refractivity contribution in [2.45, 2.75) is 0 Å². The number of nitrogens with zero attached hydrogens (tertiary/aromatic N) is 4. The van der Waals surface area contributed by atoms with Gasteiger partial charge in [-0.3, -0.25) is 0 Å². The molecular weight excluding hydrogens is 319 g/mol. The summed E-state index contributed by atoms with van der Waals surface area (Å²) in [5.74, 6) is -0.0944. The quantitative estimate of drug-likeness (QED) is 0.665. The zero-order valence-corrected chi connectivity index (χ0v) is 12.1. The first-order valence-corrected chi connectivity index (χ1v) is 6.98. The van der Waals surface area contributed by atoms with E-state index in [-0.39, 0.29) is 15.8 Å². The third kappa shape index (κ3) is 2.45. The number of azo groups is 1. The lowest BCUT2D eigenvalue weighted by atomic mass is 10.3. The molecule has 2 aromatic heterocycles. The average Bonchev–Trinajstić information content (AvgIpc) is 2.85. The normalized spacial score (nSPS) is 11.5. The van der Waals surface area contributed by atoms with Crippen LogP contribution in [0.15, 0.2) is 40.7 Å². The van der Waals surface area contributed by atoms with Crippen LogP contribution in [0.1, 0.15) is 0 Å². The molecule has 0 aliphatic carbocycles. The number of phenolic OH excluding ortho intramolecular Hbond substituents is 1. The van der Waals surface area contributed by atoms with E-state index in [1.54, 1.807) is 12.3 Å². The Labute approximate surface area is 127 Å². The van der Waals surface area contributed by atoms with Crippen LogP contribution in [0.5, 0.6) is 5.75 Å². The topological polar surface area (TPSA) is 70.7 Å². The number of phenols is 1. The van der Waals surface area contributed by atoms with Crippen molar-refractivity contribution in [3.63, 3.8) is 0 Å². The van der Waals surface area contributed by atoms with Gasteiger partial charge in [-0.25, -0.2) is 4.98 Å². The monoisotopic (exact) mass is 324 g/mol. The molecule has 8 heteroatoms. The van der Waals surface area contributed by atoms with Gasteiger partial charge in [-0.05, 0) is 29.7 Å². The lowest BCUT2D eigenvalue weighted by molar-refractivity contribution is 0.475. The molecule has 0 amide bonds. The first kappa shape index (κ1) is 13.2. The summed E-state index contributed by atoms with van der Waals surface area (Å²) in [6, 6.07) is 6.44. The Balaban J connectivity index is 2.00. The number of hydrogen-bond donors (Lipinski definition) is 1. The minimum atomic E-state index is -0.0944. The molecule has 0 unspecified atom stereocenters. The lowest BCUT2D eigenvalue weighted by Crippen LogP contribution is -1.72. The van der Waals surface area contributed by atoms with E-state index >= 15 is 0 Å². The molecule has 20 heavy (non-hydrogen) atoms. The van der Waals surface area contributed by atoms with Gasteiger partial charge in [0.05, 0.1) is 15.4 Å². The smallest absolute Gasteiger partial charge is 0.175 e. The summed E-state index contributed by atoms with van der Waals surface area (Å²) in [4.78, 5) is 4.12. The van der Waals surface area contributed by atoms with Crippen molar-refractivity contribution in [3.8, 4) is 5.75 Å². The maximum atomic E-state index is 9.41. The molecule has 0 radical (unpaired) electrons. The molecule has 3 rings (SSSR count). The van der Waals surface area contributed by atoms with Crippen LogP contribution >= 0.6 is 34.7 Å². The molecule has 0 spiro atoms. The summed E-state index contributed by atoms with van der Waals surface area (Å²) in [6.07, 6.45) is 1.67. The fraction of sp³-hybridized carbons (Fsp3) is 0. The molecule has 0 bridgehead atoms. The molecule has 0 fully saturated rings. The third-order valence-electron chi connectivity index (χ3n) is 2.50. The highest BCUT2D eigenvalue weighted by Crippen LogP contribution is 2.37. The van der Waals surface area contributed by atoms with Gasteiger partial charge < -0.3 is 5.11 Å². The van der Waals surface area contributed by atoms with E-state index in [1.165, 1.54) is 23.7 Å². The van der Waals surface area contributed by atoms with Crippen molar-refractivity contribution < 1.29 is 5.11 Å². The largest absolute Gasteiger partial charge is 0.506 e. The fourth-order valence-corrected chi connectivity index (χ4v) is 2.55. The summed E-state index contributed by atoms with van der Waals surface area (Å²) in [6.45, 7) is 0. The van der Waals surface area contributed by atoms with Crippen LogP contribution in [0, 0.1) is 0 Å². The Bertz CT molecular complexity index is 818. The lowest BCUT2D eigenvalue weighted by Gasteiger charge is -2.00. The van der Waals surface area contributed by atoms with Gasteiger partial charge in [-0.2, -0.15) is 4.37 Å². The number of aromatic hydroxyl groups is 1. The zero-order chi connectivity index (χ0) is 14.1. The number of hydrogen-bond acceptors (Lipinski definition) is 6. The molecule has 0 aliphatic heterocycles. The molecule has 0 saturated heterocycles. The summed E-state index contributed by atoms with van der Waals surface area (Å²) >= 11 is 13.0. The van der Waals surface area contributed by atoms with E-state index < -0.39 is 0 Å². The number of halogens is 2. The molecule has 3 aromatic rings. The van der Waals surface area contributed by atoms with Gasteiger partial charge >= 0.3 is 0 Å². The van der Waals surface area contributed by atoms with Crippen LogP contribution in [0.4, 0.5) is 10.7 Å². The van der Waals surface area contributed by atoms with Crippen molar-refractivity contribution in [1.82, 2.24) is 9.36 Å². The standard InChI is InChI=1S/C12H6Cl2N4OS/c13-7-5-10(19)8(14)4-9(7)16-17-12-6-2-1-3-15-11(6)18-20-12/h1-5,19H. The Hall–Kier alpha value is -1.76. The highest BCUT2D eigenvalue weighted by Gasteiger charge is 2.08. The predicted octanol–water partition coefficient (Wildman–Crippen LogP) is 5.12. The Morgan fingerprint density at radius 1 is 1.15 bits per heavy atom. The highest BCUT2D eigenvalue weighted by atomic mass is 35.5. The number of aromatic nitrogens is 2. The van der Waals surface area contributed by atoms with Crippen LogP contribution < -0.4 is 0 Å². The molecule has 5 nitrogen and oxygen atoms in total. The molecular formula is C12H6Cl2N4OS. The van der Waals surface area contributed by atoms with Crippen LogP contribution in [0.2, 0.25) is 10.0 Å². The Kier molecular flexibility index (Phi) is 3.52. The highest BCUT2D eigenvalue weighted by molar-refractivity contribution is 7.11. The first-order valence-electron chi connectivity index (χ1n) is 5.45.